The maximum absolute atomic E-state index is 12.7. The lowest BCUT2D eigenvalue weighted by molar-refractivity contribution is -0.473. The Balaban J connectivity index is 0.998. The summed E-state index contributed by atoms with van der Waals surface area (Å²) in [7, 11) is 1.33. The van der Waals surface area contributed by atoms with Crippen LogP contribution < -0.4 is 0 Å². The van der Waals surface area contributed by atoms with Crippen molar-refractivity contribution in [3.05, 3.63) is 11.6 Å². The fraction of sp³-hybridized carbons (Fsp3) is 0.950. The summed E-state index contributed by atoms with van der Waals surface area (Å²) >= 11 is 0. The van der Waals surface area contributed by atoms with E-state index in [9.17, 15) is 56.2 Å². The molecule has 3 saturated carbocycles. The van der Waals surface area contributed by atoms with Crippen LogP contribution in [0.1, 0.15) is 79.1 Å². The molecule has 0 radical (unpaired) electrons. The number of hydrogen-bond donors (Lipinski definition) is 11. The van der Waals surface area contributed by atoms with Gasteiger partial charge in [-0.1, -0.05) is 25.5 Å². The van der Waals surface area contributed by atoms with E-state index in [1.54, 1.807) is 6.92 Å². The van der Waals surface area contributed by atoms with Gasteiger partial charge < -0.3 is 89.3 Å². The van der Waals surface area contributed by atoms with E-state index in [1.165, 1.54) is 12.7 Å². The first-order valence-electron chi connectivity index (χ1n) is 20.9. The molecule has 23 unspecified atom stereocenters. The number of rotatable bonds is 10. The molecule has 18 heteroatoms. The second-order valence-electron chi connectivity index (χ2n) is 18.5. The highest BCUT2D eigenvalue weighted by molar-refractivity contribution is 5.28. The number of allylic oxidation sites excluding steroid dienone is 1. The Morgan fingerprint density at radius 1 is 0.776 bits per heavy atom. The highest BCUT2D eigenvalue weighted by atomic mass is 16.8. The van der Waals surface area contributed by atoms with Crippen LogP contribution in [0.5, 0.6) is 0 Å². The van der Waals surface area contributed by atoms with E-state index in [-0.39, 0.29) is 29.3 Å². The van der Waals surface area contributed by atoms with Crippen LogP contribution in [0.4, 0.5) is 0 Å². The number of ether oxygens (including phenoxy) is 7. The standard InChI is InChI=1S/C40H66O18/c1-17(53-35-30(47)28(45)26(43)24(15-41)56-35)21-10-13-39(50)23-7-6-19-14-20(8-11-37(19,3)22(23)9-12-38(21,39)4)55-36-31(48)33(52-5)32(18(2)54-36)58-40(51)34(49)29(46)27(44)25(16-42)57-40/h6,17-18,20-36,41-51H,7-16H2,1-5H3. The third-order valence-electron chi connectivity index (χ3n) is 15.7. The van der Waals surface area contributed by atoms with Gasteiger partial charge in [-0.2, -0.15) is 0 Å². The molecule has 0 amide bonds. The predicted molar refractivity (Wildman–Crippen MR) is 197 cm³/mol. The Bertz CT molecular complexity index is 1470. The van der Waals surface area contributed by atoms with Crippen LogP contribution in [-0.4, -0.2) is 186 Å². The second kappa shape index (κ2) is 16.6. The van der Waals surface area contributed by atoms with Gasteiger partial charge in [0, 0.05) is 12.5 Å². The SMILES string of the molecule is COC1C(O)C(OC2CCC3(C)C(=CCC4C3CCC3(C)C(C(C)OC5OC(CO)C(O)C(O)C5O)CCC43O)C2)OC(C)C1OC1(O)OC(CO)C(O)C(O)C1O. The molecule has 3 heterocycles. The summed E-state index contributed by atoms with van der Waals surface area (Å²) in [6.07, 6.45) is -12.9. The molecule has 6 fully saturated rings. The summed E-state index contributed by atoms with van der Waals surface area (Å²) < 4.78 is 41.0. The van der Waals surface area contributed by atoms with Crippen LogP contribution in [0.15, 0.2) is 11.6 Å². The second-order valence-corrected chi connectivity index (χ2v) is 18.5. The molecule has 334 valence electrons. The molecular weight excluding hydrogens is 768 g/mol. The zero-order chi connectivity index (χ0) is 42.3. The number of fused-ring (bicyclic) bond motifs is 5. The molecule has 7 aliphatic rings. The first kappa shape index (κ1) is 45.1. The Hall–Kier alpha value is -0.980. The summed E-state index contributed by atoms with van der Waals surface area (Å²) in [5.41, 5.74) is -0.463. The Morgan fingerprint density at radius 2 is 1.47 bits per heavy atom. The van der Waals surface area contributed by atoms with E-state index in [0.717, 1.165) is 19.3 Å². The lowest BCUT2D eigenvalue weighted by Gasteiger charge is -2.61. The molecule has 7 rings (SSSR count). The topological polar surface area (TPSA) is 287 Å². The summed E-state index contributed by atoms with van der Waals surface area (Å²) in [6.45, 7) is 6.55. The molecule has 0 spiro atoms. The molecule has 3 saturated heterocycles. The Kier molecular flexibility index (Phi) is 12.9. The van der Waals surface area contributed by atoms with E-state index in [1.807, 2.05) is 6.92 Å². The van der Waals surface area contributed by atoms with Crippen LogP contribution in [0.2, 0.25) is 0 Å². The highest BCUT2D eigenvalue weighted by Gasteiger charge is 2.67. The monoisotopic (exact) mass is 834 g/mol. The van der Waals surface area contributed by atoms with Crippen molar-refractivity contribution in [2.75, 3.05) is 20.3 Å². The molecule has 4 aliphatic carbocycles. The molecule has 0 bridgehead atoms. The number of aliphatic hydroxyl groups excluding tert-OH is 9. The lowest BCUT2D eigenvalue weighted by Crippen LogP contribution is -2.69. The first-order chi connectivity index (χ1) is 27.3. The third-order valence-corrected chi connectivity index (χ3v) is 15.7. The van der Waals surface area contributed by atoms with Gasteiger partial charge in [0.05, 0.1) is 37.1 Å². The summed E-state index contributed by atoms with van der Waals surface area (Å²) in [4.78, 5) is 0. The number of aliphatic hydroxyl groups is 11. The maximum atomic E-state index is 12.7. The fourth-order valence-electron chi connectivity index (χ4n) is 12.1. The summed E-state index contributed by atoms with van der Waals surface area (Å²) in [5.74, 6) is -2.77. The van der Waals surface area contributed by atoms with E-state index in [4.69, 9.17) is 33.2 Å². The van der Waals surface area contributed by atoms with Crippen LogP contribution >= 0.6 is 0 Å². The quantitative estimate of drug-likeness (QED) is 0.0830. The van der Waals surface area contributed by atoms with Crippen molar-refractivity contribution >= 4 is 0 Å². The average Bonchev–Trinajstić information content (AvgIpc) is 3.48. The van der Waals surface area contributed by atoms with E-state index < -0.39 is 122 Å². The molecule has 0 aromatic carbocycles. The molecular formula is C40H66O18. The lowest BCUT2D eigenvalue weighted by atomic mass is 9.45. The van der Waals surface area contributed by atoms with Crippen molar-refractivity contribution in [1.29, 1.82) is 0 Å². The van der Waals surface area contributed by atoms with Gasteiger partial charge in [-0.05, 0) is 88.4 Å². The Labute approximate surface area is 338 Å². The molecule has 23 atom stereocenters. The molecule has 0 aromatic heterocycles. The predicted octanol–water partition coefficient (Wildman–Crippen LogP) is -2.10. The van der Waals surface area contributed by atoms with Gasteiger partial charge in [0.1, 0.15) is 61.0 Å². The normalized spacial score (nSPS) is 55.2. The van der Waals surface area contributed by atoms with Gasteiger partial charge in [-0.25, -0.2) is 0 Å². The number of methoxy groups -OCH3 is 1. The third kappa shape index (κ3) is 7.23. The molecule has 3 aliphatic heterocycles. The van der Waals surface area contributed by atoms with Gasteiger partial charge in [-0.3, -0.25) is 0 Å². The minimum atomic E-state index is -2.87. The van der Waals surface area contributed by atoms with Crippen molar-refractivity contribution in [3.63, 3.8) is 0 Å². The van der Waals surface area contributed by atoms with Crippen LogP contribution in [0.3, 0.4) is 0 Å². The molecule has 0 aromatic rings. The summed E-state index contributed by atoms with van der Waals surface area (Å²) in [6, 6.07) is 0. The summed E-state index contributed by atoms with van der Waals surface area (Å²) in [5, 5.41) is 117. The molecule has 58 heavy (non-hydrogen) atoms. The van der Waals surface area contributed by atoms with Crippen molar-refractivity contribution in [2.45, 2.75) is 189 Å². The van der Waals surface area contributed by atoms with Gasteiger partial charge in [0.15, 0.2) is 18.7 Å². The molecule has 18 nitrogen and oxygen atoms in total. The van der Waals surface area contributed by atoms with Gasteiger partial charge in [-0.15, -0.1) is 0 Å². The minimum absolute atomic E-state index is 0.0100. The molecule has 11 N–H and O–H groups in total. The van der Waals surface area contributed by atoms with E-state index in [2.05, 4.69) is 19.9 Å². The first-order valence-corrected chi connectivity index (χ1v) is 20.9. The zero-order valence-corrected chi connectivity index (χ0v) is 33.9. The Morgan fingerprint density at radius 3 is 2.14 bits per heavy atom. The fourth-order valence-corrected chi connectivity index (χ4v) is 12.1. The number of hydrogen-bond acceptors (Lipinski definition) is 18. The van der Waals surface area contributed by atoms with Gasteiger partial charge >= 0.3 is 5.97 Å². The maximum Gasteiger partial charge on any atom is 0.311 e. The van der Waals surface area contributed by atoms with Gasteiger partial charge in [0.25, 0.3) is 0 Å². The smallest absolute Gasteiger partial charge is 0.311 e. The van der Waals surface area contributed by atoms with Crippen LogP contribution in [0.25, 0.3) is 0 Å². The largest absolute Gasteiger partial charge is 0.394 e. The highest BCUT2D eigenvalue weighted by Crippen LogP contribution is 2.68. The van der Waals surface area contributed by atoms with Gasteiger partial charge in [0.2, 0.25) is 0 Å². The van der Waals surface area contributed by atoms with Crippen LogP contribution in [0, 0.1) is 28.6 Å². The zero-order valence-electron chi connectivity index (χ0n) is 33.9. The van der Waals surface area contributed by atoms with Crippen LogP contribution in [-0.2, 0) is 33.2 Å². The van der Waals surface area contributed by atoms with E-state index in [0.29, 0.717) is 32.1 Å². The van der Waals surface area contributed by atoms with Crippen molar-refractivity contribution in [3.8, 4) is 0 Å². The van der Waals surface area contributed by atoms with Crippen molar-refractivity contribution < 1.29 is 89.3 Å². The van der Waals surface area contributed by atoms with Crippen molar-refractivity contribution in [2.24, 2.45) is 28.6 Å². The average molecular weight is 835 g/mol. The van der Waals surface area contributed by atoms with E-state index >= 15 is 0 Å². The van der Waals surface area contributed by atoms with Crippen molar-refractivity contribution in [1.82, 2.24) is 0 Å². The minimum Gasteiger partial charge on any atom is -0.394 e.